The molecule has 1 aromatic carbocycles. The molecular formula is C12H15NO7S. The molecule has 0 bridgehead atoms. The predicted octanol–water partition coefficient (Wildman–Crippen LogP) is -0.413. The van der Waals surface area contributed by atoms with Crippen LogP contribution in [0, 0.1) is 0 Å². The number of ether oxygens (including phenoxy) is 1. The standard InChI is InChI=1S/C12H15NO7S/c1-20-12(17)8-2-4-9(5-3-8)21(18,19)13-10(6-7-14)11(15)16/h2-5,10,13-14H,6-7H2,1H3,(H,15,16)/t10-/m0/s1. The van der Waals surface area contributed by atoms with E-state index < -0.39 is 34.6 Å². The van der Waals surface area contributed by atoms with E-state index in [0.29, 0.717) is 0 Å². The van der Waals surface area contributed by atoms with Crippen LogP contribution in [-0.4, -0.2) is 50.3 Å². The van der Waals surface area contributed by atoms with Gasteiger partial charge in [-0.15, -0.1) is 0 Å². The lowest BCUT2D eigenvalue weighted by Gasteiger charge is -2.13. The number of aliphatic hydroxyl groups is 1. The summed E-state index contributed by atoms with van der Waals surface area (Å²) >= 11 is 0. The molecule has 0 aromatic heterocycles. The first-order valence-corrected chi connectivity index (χ1v) is 7.34. The molecule has 0 fully saturated rings. The second-order valence-corrected chi connectivity index (χ2v) is 5.75. The maximum absolute atomic E-state index is 12.0. The molecular weight excluding hydrogens is 302 g/mol. The minimum absolute atomic E-state index is 0.168. The van der Waals surface area contributed by atoms with Crippen molar-refractivity contribution in [2.75, 3.05) is 13.7 Å². The Kier molecular flexibility index (Phi) is 5.82. The third kappa shape index (κ3) is 4.52. The van der Waals surface area contributed by atoms with E-state index in [2.05, 4.69) is 4.74 Å². The van der Waals surface area contributed by atoms with E-state index in [1.54, 1.807) is 0 Å². The molecule has 0 aliphatic rings. The number of carboxylic acid groups (broad SMARTS) is 1. The third-order valence-electron chi connectivity index (χ3n) is 2.60. The van der Waals surface area contributed by atoms with Gasteiger partial charge < -0.3 is 14.9 Å². The quantitative estimate of drug-likeness (QED) is 0.583. The first-order chi connectivity index (χ1) is 9.81. The summed E-state index contributed by atoms with van der Waals surface area (Å²) in [6, 6.07) is 3.39. The van der Waals surface area contributed by atoms with Crippen LogP contribution in [0.2, 0.25) is 0 Å². The lowest BCUT2D eigenvalue weighted by atomic mass is 10.2. The number of esters is 1. The molecule has 21 heavy (non-hydrogen) atoms. The van der Waals surface area contributed by atoms with Crippen LogP contribution in [-0.2, 0) is 19.6 Å². The van der Waals surface area contributed by atoms with Crippen LogP contribution in [0.5, 0.6) is 0 Å². The van der Waals surface area contributed by atoms with Crippen LogP contribution < -0.4 is 4.72 Å². The predicted molar refractivity (Wildman–Crippen MR) is 71.2 cm³/mol. The Morgan fingerprint density at radius 3 is 2.29 bits per heavy atom. The van der Waals surface area contributed by atoms with Gasteiger partial charge in [0.05, 0.1) is 17.6 Å². The van der Waals surface area contributed by atoms with Crippen LogP contribution in [0.1, 0.15) is 16.8 Å². The van der Waals surface area contributed by atoms with Gasteiger partial charge in [-0.05, 0) is 30.7 Å². The van der Waals surface area contributed by atoms with Crippen LogP contribution in [0.4, 0.5) is 0 Å². The van der Waals surface area contributed by atoms with Crippen LogP contribution in [0.25, 0.3) is 0 Å². The summed E-state index contributed by atoms with van der Waals surface area (Å²) in [6.45, 7) is -0.471. The van der Waals surface area contributed by atoms with Crippen molar-refractivity contribution in [2.45, 2.75) is 17.4 Å². The Morgan fingerprint density at radius 2 is 1.86 bits per heavy atom. The van der Waals surface area contributed by atoms with Gasteiger partial charge in [0.25, 0.3) is 0 Å². The SMILES string of the molecule is COC(=O)c1ccc(S(=O)(=O)N[C@@H](CCO)C(=O)O)cc1. The molecule has 0 heterocycles. The molecule has 8 nitrogen and oxygen atoms in total. The Hall–Kier alpha value is -1.97. The first kappa shape index (κ1) is 17.1. The van der Waals surface area contributed by atoms with Gasteiger partial charge in [-0.3, -0.25) is 4.79 Å². The van der Waals surface area contributed by atoms with E-state index in [1.807, 2.05) is 4.72 Å². The van der Waals surface area contributed by atoms with Crippen molar-refractivity contribution in [3.8, 4) is 0 Å². The summed E-state index contributed by atoms with van der Waals surface area (Å²) in [5.74, 6) is -2.01. The molecule has 0 amide bonds. The van der Waals surface area contributed by atoms with Crippen molar-refractivity contribution in [3.63, 3.8) is 0 Å². The number of carbonyl (C=O) groups is 2. The average Bonchev–Trinajstić information content (AvgIpc) is 2.45. The van der Waals surface area contributed by atoms with Gasteiger partial charge >= 0.3 is 11.9 Å². The number of carbonyl (C=O) groups excluding carboxylic acids is 1. The highest BCUT2D eigenvalue weighted by molar-refractivity contribution is 7.89. The molecule has 1 aromatic rings. The zero-order valence-electron chi connectivity index (χ0n) is 11.1. The second-order valence-electron chi connectivity index (χ2n) is 4.04. The fraction of sp³-hybridized carbons (Fsp3) is 0.333. The molecule has 0 saturated carbocycles. The zero-order valence-corrected chi connectivity index (χ0v) is 12.0. The Morgan fingerprint density at radius 1 is 1.29 bits per heavy atom. The molecule has 116 valence electrons. The molecule has 0 spiro atoms. The highest BCUT2D eigenvalue weighted by Gasteiger charge is 2.25. The van der Waals surface area contributed by atoms with Gasteiger partial charge in [0.15, 0.2) is 0 Å². The normalized spacial score (nSPS) is 12.7. The van der Waals surface area contributed by atoms with Crippen LogP contribution >= 0.6 is 0 Å². The number of hydrogen-bond acceptors (Lipinski definition) is 6. The maximum atomic E-state index is 12.0. The van der Waals surface area contributed by atoms with Gasteiger partial charge in [-0.1, -0.05) is 0 Å². The number of carboxylic acids is 1. The van der Waals surface area contributed by atoms with E-state index in [9.17, 15) is 18.0 Å². The molecule has 0 unspecified atom stereocenters. The van der Waals surface area contributed by atoms with Crippen molar-refractivity contribution in [3.05, 3.63) is 29.8 Å². The van der Waals surface area contributed by atoms with E-state index in [4.69, 9.17) is 10.2 Å². The summed E-state index contributed by atoms with van der Waals surface area (Å²) in [6.07, 6.45) is -0.255. The minimum Gasteiger partial charge on any atom is -0.480 e. The number of methoxy groups -OCH3 is 1. The lowest BCUT2D eigenvalue weighted by Crippen LogP contribution is -2.41. The number of aliphatic hydroxyl groups excluding tert-OH is 1. The molecule has 0 aliphatic carbocycles. The largest absolute Gasteiger partial charge is 0.480 e. The van der Waals surface area contributed by atoms with Crippen molar-refractivity contribution in [2.24, 2.45) is 0 Å². The monoisotopic (exact) mass is 317 g/mol. The second kappa shape index (κ2) is 7.16. The average molecular weight is 317 g/mol. The van der Waals surface area contributed by atoms with E-state index in [0.717, 1.165) is 12.1 Å². The first-order valence-electron chi connectivity index (χ1n) is 5.86. The molecule has 9 heteroatoms. The topological polar surface area (TPSA) is 130 Å². The van der Waals surface area contributed by atoms with E-state index in [1.165, 1.54) is 19.2 Å². The van der Waals surface area contributed by atoms with E-state index >= 15 is 0 Å². The number of nitrogens with one attached hydrogen (secondary N) is 1. The summed E-state index contributed by atoms with van der Waals surface area (Å²) in [5.41, 5.74) is 0.168. The van der Waals surface area contributed by atoms with Gasteiger partial charge in [0.2, 0.25) is 10.0 Å². The number of hydrogen-bond donors (Lipinski definition) is 3. The summed E-state index contributed by atoms with van der Waals surface area (Å²) in [7, 11) is -2.87. The van der Waals surface area contributed by atoms with Crippen molar-refractivity contribution >= 4 is 22.0 Å². The summed E-state index contributed by atoms with van der Waals surface area (Å²) in [4.78, 5) is 21.9. The van der Waals surface area contributed by atoms with Crippen molar-refractivity contribution in [1.29, 1.82) is 0 Å². The van der Waals surface area contributed by atoms with E-state index in [-0.39, 0.29) is 16.9 Å². The van der Waals surface area contributed by atoms with Gasteiger partial charge in [-0.25, -0.2) is 13.2 Å². The number of benzene rings is 1. The Balaban J connectivity index is 2.97. The number of rotatable bonds is 7. The fourth-order valence-electron chi connectivity index (χ4n) is 1.51. The Bertz CT molecular complexity index is 609. The third-order valence-corrected chi connectivity index (χ3v) is 4.09. The molecule has 0 aliphatic heterocycles. The molecule has 0 saturated heterocycles. The molecule has 1 rings (SSSR count). The number of sulfonamides is 1. The number of aliphatic carboxylic acids is 1. The highest BCUT2D eigenvalue weighted by Crippen LogP contribution is 2.12. The highest BCUT2D eigenvalue weighted by atomic mass is 32.2. The van der Waals surface area contributed by atoms with Gasteiger partial charge in [0, 0.05) is 6.61 Å². The maximum Gasteiger partial charge on any atom is 0.337 e. The molecule has 1 atom stereocenters. The zero-order chi connectivity index (χ0) is 16.0. The van der Waals surface area contributed by atoms with Crippen molar-refractivity contribution < 1.29 is 33.0 Å². The fourth-order valence-corrected chi connectivity index (χ4v) is 2.73. The van der Waals surface area contributed by atoms with Crippen molar-refractivity contribution in [1.82, 2.24) is 4.72 Å². The van der Waals surface area contributed by atoms with Crippen LogP contribution in [0.3, 0.4) is 0 Å². The summed E-state index contributed by atoms with van der Waals surface area (Å²) in [5, 5.41) is 17.6. The molecule has 0 radical (unpaired) electrons. The van der Waals surface area contributed by atoms with Crippen LogP contribution in [0.15, 0.2) is 29.2 Å². The van der Waals surface area contributed by atoms with Gasteiger partial charge in [-0.2, -0.15) is 4.72 Å². The lowest BCUT2D eigenvalue weighted by molar-refractivity contribution is -0.139. The molecule has 3 N–H and O–H groups in total. The smallest absolute Gasteiger partial charge is 0.337 e. The Labute approximate surface area is 121 Å². The van der Waals surface area contributed by atoms with Gasteiger partial charge in [0.1, 0.15) is 6.04 Å². The summed E-state index contributed by atoms with van der Waals surface area (Å²) < 4.78 is 30.4. The minimum atomic E-state index is -4.07.